The van der Waals surface area contributed by atoms with Gasteiger partial charge >= 0.3 is 0 Å². The van der Waals surface area contributed by atoms with E-state index in [2.05, 4.69) is 64.7 Å². The summed E-state index contributed by atoms with van der Waals surface area (Å²) in [7, 11) is -0.858. The third kappa shape index (κ3) is 11.2. The minimum atomic E-state index is -0.858. The highest BCUT2D eigenvalue weighted by atomic mass is 32.2. The number of rotatable bonds is 15. The Bertz CT molecular complexity index is 359. The monoisotopic (exact) mass is 422 g/mol. The van der Waals surface area contributed by atoms with Crippen LogP contribution in [0.1, 0.15) is 75.2 Å². The minimum absolute atomic E-state index is 0.259. The Labute approximate surface area is 173 Å². The van der Waals surface area contributed by atoms with Gasteiger partial charge in [-0.05, 0) is 61.8 Å². The molecule has 0 unspecified atom stereocenters. The quantitative estimate of drug-likeness (QED) is 0.255. The number of carbonyl (C=O) groups is 1. The van der Waals surface area contributed by atoms with E-state index in [9.17, 15) is 4.79 Å². The average Bonchev–Trinajstić information content (AvgIpc) is 2.52. The van der Waals surface area contributed by atoms with Crippen molar-refractivity contribution in [1.29, 1.82) is 0 Å². The van der Waals surface area contributed by atoms with Gasteiger partial charge in [0.05, 0.1) is 19.8 Å². The minimum Gasteiger partial charge on any atom is -0.378 e. The highest BCUT2D eigenvalue weighted by Crippen LogP contribution is 2.50. The summed E-state index contributed by atoms with van der Waals surface area (Å²) in [5, 5.41) is 0.259. The van der Waals surface area contributed by atoms with Crippen molar-refractivity contribution in [2.45, 2.75) is 99.3 Å². The zero-order chi connectivity index (χ0) is 21.0. The van der Waals surface area contributed by atoms with Crippen LogP contribution in [0, 0.1) is 0 Å². The fraction of sp³-hybridized carbons (Fsp3) is 0.950. The van der Waals surface area contributed by atoms with Crippen molar-refractivity contribution in [2.75, 3.05) is 25.6 Å². The van der Waals surface area contributed by atoms with Crippen LogP contribution in [0.3, 0.4) is 0 Å². The van der Waals surface area contributed by atoms with Crippen molar-refractivity contribution in [3.8, 4) is 0 Å². The summed E-state index contributed by atoms with van der Waals surface area (Å²) in [6.07, 6.45) is 1.56. The first kappa shape index (κ1) is 27.3. The van der Waals surface area contributed by atoms with E-state index in [0.717, 1.165) is 12.2 Å². The molecule has 0 aromatic rings. The van der Waals surface area contributed by atoms with Gasteiger partial charge in [0.1, 0.15) is 0 Å². The van der Waals surface area contributed by atoms with Crippen LogP contribution in [0.15, 0.2) is 0 Å². The maximum Gasteiger partial charge on any atom is 0.189 e. The molecule has 0 heterocycles. The molecule has 0 aromatic heterocycles. The maximum absolute atomic E-state index is 11.5. The molecule has 0 saturated heterocycles. The lowest BCUT2D eigenvalue weighted by atomic mass is 10.3. The first-order chi connectivity index (χ1) is 12.6. The predicted octanol–water partition coefficient (Wildman–Crippen LogP) is 5.54. The van der Waals surface area contributed by atoms with E-state index in [0.29, 0.717) is 50.4 Å². The van der Waals surface area contributed by atoms with Crippen molar-refractivity contribution in [3.05, 3.63) is 0 Å². The lowest BCUT2D eigenvalue weighted by molar-refractivity contribution is -0.111. The fourth-order valence-electron chi connectivity index (χ4n) is 3.01. The maximum atomic E-state index is 11.5. The number of hydrogen-bond acceptors (Lipinski definition) is 6. The zero-order valence-electron chi connectivity index (χ0n) is 19.0. The van der Waals surface area contributed by atoms with Gasteiger partial charge in [-0.1, -0.05) is 18.7 Å². The predicted molar refractivity (Wildman–Crippen MR) is 120 cm³/mol. The Morgan fingerprint density at radius 3 is 1.74 bits per heavy atom. The Hall–Kier alpha value is 0.290. The second kappa shape index (κ2) is 15.2. The molecule has 0 aromatic carbocycles. The van der Waals surface area contributed by atoms with Crippen LogP contribution in [-0.2, 0) is 14.1 Å². The van der Waals surface area contributed by atoms with E-state index in [-0.39, 0.29) is 5.12 Å². The van der Waals surface area contributed by atoms with Crippen molar-refractivity contribution >= 4 is 25.3 Å². The van der Waals surface area contributed by atoms with Crippen molar-refractivity contribution in [2.24, 2.45) is 0 Å². The molecule has 5 nitrogen and oxygen atoms in total. The number of carbonyl (C=O) groups excluding carboxylic acids is 1. The van der Waals surface area contributed by atoms with Gasteiger partial charge in [-0.3, -0.25) is 4.79 Å². The Kier molecular flexibility index (Phi) is 15.3. The molecular formula is C20H43N2O3PS. The molecule has 0 atom stereocenters. The van der Waals surface area contributed by atoms with Gasteiger partial charge in [-0.2, -0.15) is 0 Å². The number of ether oxygens (including phenoxy) is 1. The van der Waals surface area contributed by atoms with E-state index in [1.165, 1.54) is 11.8 Å². The molecule has 0 aliphatic heterocycles. The topological polar surface area (TPSA) is 42.0 Å². The van der Waals surface area contributed by atoms with E-state index in [1.807, 2.05) is 6.92 Å². The van der Waals surface area contributed by atoms with Crippen molar-refractivity contribution in [3.63, 3.8) is 0 Å². The largest absolute Gasteiger partial charge is 0.378 e. The van der Waals surface area contributed by atoms with Gasteiger partial charge in [-0.15, -0.1) is 0 Å². The van der Waals surface area contributed by atoms with Crippen LogP contribution in [0.25, 0.3) is 0 Å². The Balaban J connectivity index is 4.63. The van der Waals surface area contributed by atoms with Crippen LogP contribution in [0.4, 0.5) is 0 Å². The summed E-state index contributed by atoms with van der Waals surface area (Å²) in [6.45, 7) is 21.6. The van der Waals surface area contributed by atoms with Gasteiger partial charge in [0.25, 0.3) is 0 Å². The summed E-state index contributed by atoms with van der Waals surface area (Å²) in [5.74, 6) is 0.724. The van der Waals surface area contributed by atoms with Crippen molar-refractivity contribution < 1.29 is 14.1 Å². The molecule has 0 radical (unpaired) electrons. The van der Waals surface area contributed by atoms with Gasteiger partial charge in [0.15, 0.2) is 13.6 Å². The number of hydrogen-bond donors (Lipinski definition) is 0. The molecule has 0 rings (SSSR count). The highest BCUT2D eigenvalue weighted by molar-refractivity contribution is 8.13. The van der Waals surface area contributed by atoms with Crippen LogP contribution < -0.4 is 0 Å². The Morgan fingerprint density at radius 1 is 0.852 bits per heavy atom. The molecule has 27 heavy (non-hydrogen) atoms. The third-order valence-corrected chi connectivity index (χ3v) is 7.84. The number of thioether (sulfide) groups is 1. The second-order valence-electron chi connectivity index (χ2n) is 7.80. The number of nitrogens with zero attached hydrogens (tertiary/aromatic N) is 2. The molecule has 0 aliphatic rings. The second-order valence-corrected chi connectivity index (χ2v) is 10.6. The lowest BCUT2D eigenvalue weighted by Gasteiger charge is -2.45. The van der Waals surface area contributed by atoms with Gasteiger partial charge in [0.2, 0.25) is 0 Å². The van der Waals surface area contributed by atoms with E-state index >= 15 is 0 Å². The molecular weight excluding hydrogens is 379 g/mol. The van der Waals surface area contributed by atoms with E-state index in [1.54, 1.807) is 0 Å². The van der Waals surface area contributed by atoms with Crippen LogP contribution in [-0.4, -0.2) is 64.2 Å². The molecule has 0 amide bonds. The van der Waals surface area contributed by atoms with Crippen LogP contribution in [0.2, 0.25) is 0 Å². The van der Waals surface area contributed by atoms with E-state index in [4.69, 9.17) is 9.26 Å². The molecule has 0 aliphatic carbocycles. The zero-order valence-corrected chi connectivity index (χ0v) is 20.7. The Morgan fingerprint density at radius 2 is 1.33 bits per heavy atom. The van der Waals surface area contributed by atoms with Crippen LogP contribution >= 0.6 is 20.2 Å². The summed E-state index contributed by atoms with van der Waals surface area (Å²) in [5.41, 5.74) is 0. The molecule has 0 bridgehead atoms. The highest BCUT2D eigenvalue weighted by Gasteiger charge is 2.34. The SMILES string of the molecule is CCCC(=O)SCCOCCOP(N(C(C)C)C(C)C)N(C(C)C)C(C)C. The molecule has 162 valence electrons. The third-order valence-electron chi connectivity index (χ3n) is 3.89. The molecule has 7 heteroatoms. The fourth-order valence-corrected chi connectivity index (χ4v) is 6.11. The summed E-state index contributed by atoms with van der Waals surface area (Å²) >= 11 is 1.37. The molecule has 0 spiro atoms. The molecule has 0 N–H and O–H groups in total. The van der Waals surface area contributed by atoms with Crippen LogP contribution in [0.5, 0.6) is 0 Å². The van der Waals surface area contributed by atoms with Crippen molar-refractivity contribution in [1.82, 2.24) is 9.34 Å². The smallest absolute Gasteiger partial charge is 0.189 e. The van der Waals surface area contributed by atoms with Gasteiger partial charge in [0, 0.05) is 36.3 Å². The summed E-state index contributed by atoms with van der Waals surface area (Å²) < 4.78 is 17.0. The first-order valence-corrected chi connectivity index (χ1v) is 12.5. The first-order valence-electron chi connectivity index (χ1n) is 10.4. The van der Waals surface area contributed by atoms with E-state index < -0.39 is 8.45 Å². The summed E-state index contributed by atoms with van der Waals surface area (Å²) in [6, 6.07) is 1.66. The summed E-state index contributed by atoms with van der Waals surface area (Å²) in [4.78, 5) is 11.5. The molecule has 0 fully saturated rings. The normalized spacial score (nSPS) is 12.7. The lowest BCUT2D eigenvalue weighted by Crippen LogP contribution is -2.43. The van der Waals surface area contributed by atoms with Gasteiger partial charge in [-0.25, -0.2) is 9.34 Å². The van der Waals surface area contributed by atoms with Gasteiger partial charge < -0.3 is 9.26 Å². The standard InChI is InChI=1S/C20H43N2O3PS/c1-10-11-20(23)27-15-14-24-12-13-25-26(21(16(2)3)17(4)5)22(18(6)7)19(8)9/h16-19H,10-15H2,1-9H3. The molecule has 0 saturated carbocycles. The average molecular weight is 423 g/mol.